The summed E-state index contributed by atoms with van der Waals surface area (Å²) in [7, 11) is 0. The fraction of sp³-hybridized carbons (Fsp3) is 0.186. The second kappa shape index (κ2) is 13.7. The molecule has 3 heterocycles. The molecular weight excluding hydrogens is 802 g/mol. The number of fused-ring (bicyclic) bond motifs is 1. The van der Waals surface area contributed by atoms with Crippen molar-refractivity contribution in [1.29, 1.82) is 0 Å². The van der Waals surface area contributed by atoms with Gasteiger partial charge < -0.3 is 14.3 Å². The average molecular weight is 840 g/mol. The van der Waals surface area contributed by atoms with Crippen LogP contribution in [0.25, 0.3) is 55.9 Å². The van der Waals surface area contributed by atoms with Crippen molar-refractivity contribution in [2.75, 3.05) is 0 Å². The van der Waals surface area contributed by atoms with Gasteiger partial charge in [0.15, 0.2) is 5.58 Å². The zero-order valence-electron chi connectivity index (χ0n) is 28.9. The average Bonchev–Trinajstić information content (AvgIpc) is 3.52. The summed E-state index contributed by atoms with van der Waals surface area (Å²) in [6, 6.07) is 39.4. The second-order valence-corrected chi connectivity index (χ2v) is 14.3. The first-order valence-electron chi connectivity index (χ1n) is 16.4. The van der Waals surface area contributed by atoms with Crippen molar-refractivity contribution < 1.29 is 35.3 Å². The van der Waals surface area contributed by atoms with E-state index in [9.17, 15) is 5.11 Å². The number of aromatic nitrogens is 3. The molecule has 0 aliphatic carbocycles. The van der Waals surface area contributed by atoms with Gasteiger partial charge in [-0.25, -0.2) is 9.97 Å². The van der Waals surface area contributed by atoms with Gasteiger partial charge in [0.05, 0.1) is 5.69 Å². The number of aromatic hydroxyl groups is 1. The maximum Gasteiger partial charge on any atom is 0.217 e. The first kappa shape index (κ1) is 34.8. The van der Waals surface area contributed by atoms with Crippen LogP contribution < -0.4 is 4.74 Å². The number of ether oxygens (including phenoxy) is 1. The number of hydrogen-bond acceptors (Lipinski definition) is 6. The van der Waals surface area contributed by atoms with Crippen LogP contribution in [-0.4, -0.2) is 20.1 Å². The number of phenolic OH excluding ortho intramolecular Hbond substituents is 1. The largest absolute Gasteiger partial charge is 0.507 e. The van der Waals surface area contributed by atoms with Gasteiger partial charge in [-0.3, -0.25) is 4.98 Å². The third-order valence-corrected chi connectivity index (χ3v) is 8.43. The van der Waals surface area contributed by atoms with E-state index in [0.717, 1.165) is 27.8 Å². The van der Waals surface area contributed by atoms with Crippen molar-refractivity contribution in [2.45, 2.75) is 52.4 Å². The summed E-state index contributed by atoms with van der Waals surface area (Å²) in [5.41, 5.74) is 8.91. The van der Waals surface area contributed by atoms with E-state index in [-0.39, 0.29) is 37.6 Å². The molecule has 0 saturated carbocycles. The van der Waals surface area contributed by atoms with E-state index in [1.54, 1.807) is 12.3 Å². The van der Waals surface area contributed by atoms with Crippen LogP contribution in [0.3, 0.4) is 0 Å². The fourth-order valence-electron chi connectivity index (χ4n) is 5.63. The molecule has 7 heteroatoms. The molecule has 1 N–H and O–H groups in total. The fourth-order valence-corrected chi connectivity index (χ4v) is 5.63. The predicted molar refractivity (Wildman–Crippen MR) is 196 cm³/mol. The van der Waals surface area contributed by atoms with Crippen LogP contribution in [0.2, 0.25) is 0 Å². The van der Waals surface area contributed by atoms with Gasteiger partial charge in [-0.2, -0.15) is 0 Å². The van der Waals surface area contributed by atoms with Crippen LogP contribution in [0.15, 0.2) is 120 Å². The molecule has 7 aromatic rings. The number of oxazole rings is 1. The van der Waals surface area contributed by atoms with Gasteiger partial charge in [0.25, 0.3) is 0 Å². The molecule has 0 saturated heterocycles. The molecular formula is C43H38N3O3Pt-. The number of rotatable bonds is 6. The first-order chi connectivity index (χ1) is 23.4. The van der Waals surface area contributed by atoms with Crippen LogP contribution in [0.1, 0.15) is 53.0 Å². The van der Waals surface area contributed by atoms with Crippen molar-refractivity contribution in [2.24, 2.45) is 0 Å². The Balaban J connectivity index is 0.00000432. The van der Waals surface area contributed by atoms with Crippen molar-refractivity contribution in [3.63, 3.8) is 0 Å². The molecule has 3 aromatic heterocycles. The molecule has 0 aliphatic heterocycles. The van der Waals surface area contributed by atoms with Crippen LogP contribution in [0.4, 0.5) is 0 Å². The third kappa shape index (κ3) is 7.41. The van der Waals surface area contributed by atoms with E-state index >= 15 is 0 Å². The van der Waals surface area contributed by atoms with Crippen LogP contribution >= 0.6 is 0 Å². The smallest absolute Gasteiger partial charge is 0.217 e. The maximum atomic E-state index is 11.2. The van der Waals surface area contributed by atoms with Crippen molar-refractivity contribution in [3.05, 3.63) is 133 Å². The minimum Gasteiger partial charge on any atom is -0.507 e. The van der Waals surface area contributed by atoms with Gasteiger partial charge in [0, 0.05) is 56.1 Å². The number of phenols is 1. The van der Waals surface area contributed by atoms with E-state index in [1.165, 1.54) is 5.56 Å². The van der Waals surface area contributed by atoms with Crippen LogP contribution in [0, 0.1) is 6.07 Å². The molecule has 7 rings (SSSR count). The van der Waals surface area contributed by atoms with E-state index in [0.29, 0.717) is 45.6 Å². The minimum atomic E-state index is -0.264. The van der Waals surface area contributed by atoms with Crippen molar-refractivity contribution >= 4 is 11.1 Å². The summed E-state index contributed by atoms with van der Waals surface area (Å²) >= 11 is 0. The summed E-state index contributed by atoms with van der Waals surface area (Å²) in [5.74, 6) is 1.69. The monoisotopic (exact) mass is 839 g/mol. The van der Waals surface area contributed by atoms with Gasteiger partial charge in [0.1, 0.15) is 11.3 Å². The molecule has 4 aromatic carbocycles. The Morgan fingerprint density at radius 3 is 2.04 bits per heavy atom. The topological polar surface area (TPSA) is 81.3 Å². The van der Waals surface area contributed by atoms with Crippen LogP contribution in [-0.2, 0) is 31.9 Å². The van der Waals surface area contributed by atoms with Gasteiger partial charge in [-0.15, -0.1) is 23.8 Å². The first-order valence-corrected chi connectivity index (χ1v) is 16.4. The standard InChI is InChI=1S/C43H38N3O3.Pt/c1-42(2,3)32-23-35(45-36(24-32)34-25-39-37(26-38(34)47)46-41(49-39)43(4,5)6)31-13-10-14-33(21-31)48-40-22-30(19-20-44-40)29-17-15-28(16-18-29)27-11-8-7-9-12-27;/h7-20,22-26,47H,1-6H3;/q-1;. The molecule has 0 fully saturated rings. The molecule has 0 unspecified atom stereocenters. The Bertz CT molecular complexity index is 2280. The Hall–Kier alpha value is -5.06. The molecule has 0 bridgehead atoms. The minimum absolute atomic E-state index is 0. The molecule has 0 radical (unpaired) electrons. The molecule has 0 amide bonds. The zero-order chi connectivity index (χ0) is 34.3. The van der Waals surface area contributed by atoms with Gasteiger partial charge in [0.2, 0.25) is 11.8 Å². The van der Waals surface area contributed by atoms with E-state index in [1.807, 2.05) is 81.4 Å². The Labute approximate surface area is 307 Å². The number of benzene rings is 4. The van der Waals surface area contributed by atoms with Crippen LogP contribution in [0.5, 0.6) is 17.4 Å². The SMILES string of the molecule is CC(C)(C)c1cc(-c2[c-]c(Oc3cc(-c4ccc(-c5ccccc5)cc4)ccn3)ccc2)nc(-c2cc3oc(C(C)(C)C)nc3cc2O)c1.[Pt]. The second-order valence-electron chi connectivity index (χ2n) is 14.3. The Morgan fingerprint density at radius 1 is 0.660 bits per heavy atom. The predicted octanol–water partition coefficient (Wildman–Crippen LogP) is 11.2. The van der Waals surface area contributed by atoms with E-state index in [2.05, 4.69) is 79.3 Å². The molecule has 0 atom stereocenters. The molecule has 0 spiro atoms. The molecule has 50 heavy (non-hydrogen) atoms. The van der Waals surface area contributed by atoms with Gasteiger partial charge in [-0.05, 0) is 57.1 Å². The Kier molecular flexibility index (Phi) is 9.52. The molecule has 0 aliphatic rings. The van der Waals surface area contributed by atoms with E-state index in [4.69, 9.17) is 14.1 Å². The normalized spacial score (nSPS) is 11.7. The summed E-state index contributed by atoms with van der Waals surface area (Å²) in [5, 5.41) is 11.2. The van der Waals surface area contributed by atoms with Gasteiger partial charge in [-0.1, -0.05) is 108 Å². The Morgan fingerprint density at radius 2 is 1.34 bits per heavy atom. The quantitative estimate of drug-likeness (QED) is 0.168. The summed E-state index contributed by atoms with van der Waals surface area (Å²) < 4.78 is 12.4. The number of pyridine rings is 2. The maximum absolute atomic E-state index is 11.2. The van der Waals surface area contributed by atoms with E-state index < -0.39 is 0 Å². The summed E-state index contributed by atoms with van der Waals surface area (Å²) in [4.78, 5) is 14.1. The third-order valence-electron chi connectivity index (χ3n) is 8.43. The summed E-state index contributed by atoms with van der Waals surface area (Å²) in [6.45, 7) is 12.6. The number of nitrogens with zero attached hydrogens (tertiary/aromatic N) is 3. The zero-order valence-corrected chi connectivity index (χ0v) is 31.2. The summed E-state index contributed by atoms with van der Waals surface area (Å²) in [6.07, 6.45) is 1.75. The number of hydrogen-bond donors (Lipinski definition) is 1. The molecule has 254 valence electrons. The van der Waals surface area contributed by atoms with Crippen molar-refractivity contribution in [3.8, 4) is 62.1 Å². The van der Waals surface area contributed by atoms with Crippen molar-refractivity contribution in [1.82, 2.24) is 15.0 Å². The molecule has 6 nitrogen and oxygen atoms in total. The van der Waals surface area contributed by atoms with Gasteiger partial charge >= 0.3 is 0 Å².